The monoisotopic (exact) mass is 370 g/mol. The van der Waals surface area contributed by atoms with Crippen molar-refractivity contribution in [2.75, 3.05) is 6.61 Å². The van der Waals surface area contributed by atoms with Crippen LogP contribution in [0.2, 0.25) is 5.04 Å². The van der Waals surface area contributed by atoms with Crippen LogP contribution in [0.5, 0.6) is 0 Å². The van der Waals surface area contributed by atoms with Gasteiger partial charge >= 0.3 is 0 Å². The third-order valence-corrected chi connectivity index (χ3v) is 10.4. The SMILES string of the molecule is C[C@H](C[C@@H]1O[C@H]1CO)O[Si](c1ccccc1)(c1ccccc1)C(C)(C)C. The summed E-state index contributed by atoms with van der Waals surface area (Å²) in [5, 5.41) is 11.8. The van der Waals surface area contributed by atoms with Crippen LogP contribution in [0.15, 0.2) is 60.7 Å². The fraction of sp³-hybridized carbons (Fsp3) is 0.455. The second-order valence-electron chi connectivity index (χ2n) is 8.22. The minimum absolute atomic E-state index is 0.0137. The molecule has 140 valence electrons. The van der Waals surface area contributed by atoms with Gasteiger partial charge < -0.3 is 14.3 Å². The van der Waals surface area contributed by atoms with Gasteiger partial charge in [0, 0.05) is 12.5 Å². The van der Waals surface area contributed by atoms with Crippen molar-refractivity contribution in [2.24, 2.45) is 0 Å². The van der Waals surface area contributed by atoms with E-state index in [9.17, 15) is 5.11 Å². The second kappa shape index (κ2) is 7.65. The fourth-order valence-electron chi connectivity index (χ4n) is 3.92. The van der Waals surface area contributed by atoms with Crippen molar-refractivity contribution in [3.8, 4) is 0 Å². The Labute approximate surface area is 158 Å². The number of benzene rings is 2. The molecule has 0 radical (unpaired) electrons. The van der Waals surface area contributed by atoms with Crippen molar-refractivity contribution in [3.05, 3.63) is 60.7 Å². The number of hydrogen-bond acceptors (Lipinski definition) is 3. The zero-order valence-corrected chi connectivity index (χ0v) is 17.2. The molecule has 26 heavy (non-hydrogen) atoms. The normalized spacial score (nSPS) is 21.4. The Kier molecular flexibility index (Phi) is 5.68. The molecule has 1 fully saturated rings. The lowest BCUT2D eigenvalue weighted by molar-refractivity contribution is 0.181. The molecule has 0 aliphatic carbocycles. The average Bonchev–Trinajstić information content (AvgIpc) is 3.38. The number of hydrogen-bond donors (Lipinski definition) is 1. The molecule has 1 heterocycles. The lowest BCUT2D eigenvalue weighted by Crippen LogP contribution is -2.67. The van der Waals surface area contributed by atoms with E-state index in [1.807, 2.05) is 0 Å². The van der Waals surface area contributed by atoms with E-state index < -0.39 is 8.32 Å². The molecule has 4 heteroatoms. The Bertz CT molecular complexity index is 657. The highest BCUT2D eigenvalue weighted by atomic mass is 28.4. The zero-order chi connectivity index (χ0) is 18.8. The van der Waals surface area contributed by atoms with E-state index in [4.69, 9.17) is 9.16 Å². The second-order valence-corrected chi connectivity index (χ2v) is 12.5. The number of epoxide rings is 1. The lowest BCUT2D eigenvalue weighted by atomic mass is 10.2. The third-order valence-electron chi connectivity index (χ3n) is 5.23. The first-order valence-corrected chi connectivity index (χ1v) is 11.3. The summed E-state index contributed by atoms with van der Waals surface area (Å²) in [5.41, 5.74) is 0. The molecule has 3 atom stereocenters. The largest absolute Gasteiger partial charge is 0.405 e. The molecule has 3 nitrogen and oxygen atoms in total. The molecule has 0 spiro atoms. The number of aliphatic hydroxyl groups excluding tert-OH is 1. The van der Waals surface area contributed by atoms with Crippen LogP contribution in [0.4, 0.5) is 0 Å². The van der Waals surface area contributed by atoms with Gasteiger partial charge in [0.25, 0.3) is 8.32 Å². The van der Waals surface area contributed by atoms with E-state index >= 15 is 0 Å². The van der Waals surface area contributed by atoms with Gasteiger partial charge in [0.1, 0.15) is 6.10 Å². The molecular weight excluding hydrogens is 340 g/mol. The van der Waals surface area contributed by atoms with Crippen LogP contribution in [0.1, 0.15) is 34.1 Å². The van der Waals surface area contributed by atoms with Crippen molar-refractivity contribution in [2.45, 2.75) is 57.5 Å². The molecule has 0 amide bonds. The molecule has 2 aromatic carbocycles. The maximum Gasteiger partial charge on any atom is 0.261 e. The lowest BCUT2D eigenvalue weighted by Gasteiger charge is -2.44. The molecule has 0 aromatic heterocycles. The predicted octanol–water partition coefficient (Wildman–Crippen LogP) is 3.10. The van der Waals surface area contributed by atoms with Crippen LogP contribution in [0.25, 0.3) is 0 Å². The minimum Gasteiger partial charge on any atom is -0.405 e. The Morgan fingerprint density at radius 2 is 1.46 bits per heavy atom. The molecular formula is C22H30O3Si. The van der Waals surface area contributed by atoms with Crippen LogP contribution in [-0.2, 0) is 9.16 Å². The minimum atomic E-state index is -2.50. The van der Waals surface area contributed by atoms with Gasteiger partial charge in [-0.25, -0.2) is 0 Å². The standard InChI is InChI=1S/C22H30O3Si/c1-17(15-20-21(16-23)24-20)25-26(22(2,3)4,18-11-7-5-8-12-18)19-13-9-6-10-14-19/h5-14,17,20-21,23H,15-16H2,1-4H3/t17-,20+,21+/m1/s1. The maximum absolute atomic E-state index is 9.25. The molecule has 1 N–H and O–H groups in total. The third kappa shape index (κ3) is 3.79. The van der Waals surface area contributed by atoms with Crippen molar-refractivity contribution >= 4 is 18.7 Å². The number of rotatable bonds is 7. The van der Waals surface area contributed by atoms with Crippen LogP contribution >= 0.6 is 0 Å². The van der Waals surface area contributed by atoms with Gasteiger partial charge in [0.05, 0.1) is 12.7 Å². The van der Waals surface area contributed by atoms with E-state index in [2.05, 4.69) is 88.4 Å². The van der Waals surface area contributed by atoms with E-state index in [0.29, 0.717) is 0 Å². The van der Waals surface area contributed by atoms with Gasteiger partial charge in [-0.1, -0.05) is 81.4 Å². The highest BCUT2D eigenvalue weighted by Gasteiger charge is 2.51. The highest BCUT2D eigenvalue weighted by molar-refractivity contribution is 6.99. The van der Waals surface area contributed by atoms with Crippen LogP contribution < -0.4 is 10.4 Å². The Hall–Kier alpha value is -1.46. The summed E-state index contributed by atoms with van der Waals surface area (Å²) in [6.07, 6.45) is 0.978. The van der Waals surface area contributed by atoms with E-state index in [0.717, 1.165) is 6.42 Å². The fourth-order valence-corrected chi connectivity index (χ4v) is 8.63. The average molecular weight is 371 g/mol. The Morgan fingerprint density at radius 3 is 1.85 bits per heavy atom. The summed E-state index contributed by atoms with van der Waals surface area (Å²) in [4.78, 5) is 0. The van der Waals surface area contributed by atoms with Gasteiger partial charge in [-0.15, -0.1) is 0 Å². The van der Waals surface area contributed by atoms with Crippen LogP contribution in [0.3, 0.4) is 0 Å². The smallest absolute Gasteiger partial charge is 0.261 e. The summed E-state index contributed by atoms with van der Waals surface area (Å²) in [6, 6.07) is 21.4. The highest BCUT2D eigenvalue weighted by Crippen LogP contribution is 2.38. The van der Waals surface area contributed by atoms with Crippen LogP contribution in [-0.4, -0.2) is 38.3 Å². The van der Waals surface area contributed by atoms with Gasteiger partial charge in [-0.3, -0.25) is 0 Å². The van der Waals surface area contributed by atoms with Crippen molar-refractivity contribution in [1.29, 1.82) is 0 Å². The summed E-state index contributed by atoms with van der Waals surface area (Å²) >= 11 is 0. The number of aliphatic hydroxyl groups is 1. The molecule has 0 saturated carbocycles. The summed E-state index contributed by atoms with van der Waals surface area (Å²) in [6.45, 7) is 9.09. The topological polar surface area (TPSA) is 42.0 Å². The summed E-state index contributed by atoms with van der Waals surface area (Å²) < 4.78 is 12.5. The van der Waals surface area contributed by atoms with E-state index in [1.165, 1.54) is 10.4 Å². The summed E-state index contributed by atoms with van der Waals surface area (Å²) in [5.74, 6) is 0. The van der Waals surface area contributed by atoms with Gasteiger partial charge in [-0.05, 0) is 22.3 Å². The summed E-state index contributed by atoms with van der Waals surface area (Å²) in [7, 11) is -2.50. The first-order chi connectivity index (χ1) is 12.4. The first-order valence-electron chi connectivity index (χ1n) is 9.43. The quantitative estimate of drug-likeness (QED) is 0.601. The first kappa shape index (κ1) is 19.3. The van der Waals surface area contributed by atoms with E-state index in [-0.39, 0.29) is 30.0 Å². The predicted molar refractivity (Wildman–Crippen MR) is 109 cm³/mol. The van der Waals surface area contributed by atoms with Crippen molar-refractivity contribution in [3.63, 3.8) is 0 Å². The number of ether oxygens (including phenoxy) is 1. The van der Waals surface area contributed by atoms with E-state index in [1.54, 1.807) is 0 Å². The van der Waals surface area contributed by atoms with Gasteiger partial charge in [0.15, 0.2) is 0 Å². The Balaban J connectivity index is 2.00. The van der Waals surface area contributed by atoms with Gasteiger partial charge in [-0.2, -0.15) is 0 Å². The molecule has 2 aromatic rings. The maximum atomic E-state index is 9.25. The molecule has 0 bridgehead atoms. The van der Waals surface area contributed by atoms with Crippen molar-refractivity contribution < 1.29 is 14.3 Å². The van der Waals surface area contributed by atoms with Crippen molar-refractivity contribution in [1.82, 2.24) is 0 Å². The molecule has 1 aliphatic rings. The molecule has 3 rings (SSSR count). The molecule has 1 saturated heterocycles. The molecule has 0 unspecified atom stereocenters. The zero-order valence-electron chi connectivity index (χ0n) is 16.2. The van der Waals surface area contributed by atoms with Crippen LogP contribution in [0, 0.1) is 0 Å². The Morgan fingerprint density at radius 1 is 0.962 bits per heavy atom. The molecule has 1 aliphatic heterocycles. The van der Waals surface area contributed by atoms with Gasteiger partial charge in [0.2, 0.25) is 0 Å².